The van der Waals surface area contributed by atoms with Crippen molar-refractivity contribution in [2.24, 2.45) is 11.8 Å². The van der Waals surface area contributed by atoms with Crippen molar-refractivity contribution in [3.8, 4) is 0 Å². The lowest BCUT2D eigenvalue weighted by Gasteiger charge is -2.15. The molecule has 0 aliphatic heterocycles. The summed E-state index contributed by atoms with van der Waals surface area (Å²) in [6, 6.07) is 0. The minimum absolute atomic E-state index is 0.0521. The monoisotopic (exact) mass is 382 g/mol. The van der Waals surface area contributed by atoms with E-state index in [4.69, 9.17) is 5.11 Å². The number of hydrogen-bond donors (Lipinski definition) is 2. The van der Waals surface area contributed by atoms with Gasteiger partial charge in [-0.05, 0) is 11.8 Å². The van der Waals surface area contributed by atoms with E-state index in [0.29, 0.717) is 5.13 Å². The van der Waals surface area contributed by atoms with E-state index in [2.05, 4.69) is 24.1 Å². The molecule has 2 saturated carbocycles. The van der Waals surface area contributed by atoms with E-state index in [-0.39, 0.29) is 11.6 Å². The lowest BCUT2D eigenvalue weighted by atomic mass is 9.91. The number of amides is 1. The Morgan fingerprint density at radius 3 is 1.73 bits per heavy atom. The van der Waals surface area contributed by atoms with Crippen LogP contribution in [0.4, 0.5) is 5.13 Å². The van der Waals surface area contributed by atoms with Gasteiger partial charge in [0.25, 0.3) is 0 Å². The molecule has 0 saturated heterocycles. The summed E-state index contributed by atoms with van der Waals surface area (Å²) in [5.74, 6) is 0.714. The van der Waals surface area contributed by atoms with E-state index in [1.165, 1.54) is 76.5 Å². The highest BCUT2D eigenvalue weighted by Crippen LogP contribution is 2.22. The van der Waals surface area contributed by atoms with E-state index in [1.807, 2.05) is 0 Å². The number of aromatic nitrogens is 1. The zero-order chi connectivity index (χ0) is 19.4. The lowest BCUT2D eigenvalue weighted by molar-refractivity contribution is -0.114. The topological polar surface area (TPSA) is 79.3 Å². The molecule has 1 aromatic rings. The molecule has 0 bridgehead atoms. The molecule has 0 atom stereocenters. The molecule has 1 amide bonds. The third-order valence-electron chi connectivity index (χ3n) is 4.79. The number of nitrogens with one attached hydrogen (secondary N) is 1. The average molecular weight is 383 g/mol. The maximum Gasteiger partial charge on any atom is 0.355 e. The van der Waals surface area contributed by atoms with Gasteiger partial charge in [0.1, 0.15) is 0 Å². The van der Waals surface area contributed by atoms with Crippen molar-refractivity contribution in [2.45, 2.75) is 85.0 Å². The summed E-state index contributed by atoms with van der Waals surface area (Å²) in [5.41, 5.74) is -0.0521. The molecule has 0 aromatic carbocycles. The number of rotatable bonds is 2. The molecular weight excluding hydrogens is 348 g/mol. The van der Waals surface area contributed by atoms with Crippen LogP contribution in [0.2, 0.25) is 0 Å². The molecule has 6 heteroatoms. The molecule has 3 rings (SSSR count). The fourth-order valence-corrected chi connectivity index (χ4v) is 3.92. The fraction of sp³-hybridized carbons (Fsp3) is 0.750. The molecular formula is C20H34N2O3S. The second kappa shape index (κ2) is 12.8. The third-order valence-corrected chi connectivity index (χ3v) is 5.55. The predicted molar refractivity (Wildman–Crippen MR) is 108 cm³/mol. The van der Waals surface area contributed by atoms with Crippen LogP contribution in [-0.4, -0.2) is 22.0 Å². The van der Waals surface area contributed by atoms with Gasteiger partial charge < -0.3 is 10.4 Å². The summed E-state index contributed by atoms with van der Waals surface area (Å²) in [6.07, 6.45) is 14.9. The van der Waals surface area contributed by atoms with Crippen LogP contribution in [0.1, 0.15) is 95.5 Å². The van der Waals surface area contributed by atoms with Gasteiger partial charge in [0.2, 0.25) is 5.91 Å². The smallest absolute Gasteiger partial charge is 0.355 e. The highest BCUT2D eigenvalue weighted by molar-refractivity contribution is 7.14. The standard InChI is InChI=1S/2C7H14.C6H6N2O3S/c2*1-7-5-3-2-4-6-7;1-3(9)7-6-8-4(2-12-6)5(10)11/h2*7H,2-6H2,1H3;2H,1H3,(H,10,11)(H,7,8,9). The molecule has 0 spiro atoms. The van der Waals surface area contributed by atoms with Crippen molar-refractivity contribution in [1.82, 2.24) is 4.98 Å². The Hall–Kier alpha value is -1.43. The Bertz CT molecular complexity index is 517. The maximum atomic E-state index is 10.5. The van der Waals surface area contributed by atoms with Gasteiger partial charge in [0, 0.05) is 12.3 Å². The van der Waals surface area contributed by atoms with Crippen LogP contribution in [0.3, 0.4) is 0 Å². The van der Waals surface area contributed by atoms with Crippen LogP contribution in [0, 0.1) is 11.8 Å². The zero-order valence-corrected chi connectivity index (χ0v) is 17.2. The molecule has 2 fully saturated rings. The van der Waals surface area contributed by atoms with Crippen molar-refractivity contribution in [1.29, 1.82) is 0 Å². The first-order valence-corrected chi connectivity index (χ1v) is 10.7. The lowest BCUT2D eigenvalue weighted by Crippen LogP contribution is -2.06. The van der Waals surface area contributed by atoms with E-state index >= 15 is 0 Å². The first kappa shape index (κ1) is 22.6. The summed E-state index contributed by atoms with van der Waals surface area (Å²) >= 11 is 1.08. The first-order chi connectivity index (χ1) is 12.4. The quantitative estimate of drug-likeness (QED) is 0.660. The minimum atomic E-state index is -1.09. The van der Waals surface area contributed by atoms with Gasteiger partial charge in [-0.25, -0.2) is 9.78 Å². The van der Waals surface area contributed by atoms with Gasteiger partial charge >= 0.3 is 5.97 Å². The SMILES string of the molecule is CC(=O)Nc1nc(C(=O)O)cs1.CC1CCCCC1.CC1CCCCC1. The fourth-order valence-electron chi connectivity index (χ4n) is 3.19. The van der Waals surface area contributed by atoms with Crippen LogP contribution < -0.4 is 5.32 Å². The number of carbonyl (C=O) groups excluding carboxylic acids is 1. The molecule has 1 heterocycles. The maximum absolute atomic E-state index is 10.5. The van der Waals surface area contributed by atoms with Gasteiger partial charge in [-0.3, -0.25) is 4.79 Å². The summed E-state index contributed by atoms with van der Waals surface area (Å²) in [7, 11) is 0. The number of aromatic carboxylic acids is 1. The average Bonchev–Trinajstić information content (AvgIpc) is 3.05. The van der Waals surface area contributed by atoms with Crippen LogP contribution in [0.15, 0.2) is 5.38 Å². The summed E-state index contributed by atoms with van der Waals surface area (Å²) < 4.78 is 0. The van der Waals surface area contributed by atoms with Gasteiger partial charge in [-0.1, -0.05) is 78.1 Å². The molecule has 26 heavy (non-hydrogen) atoms. The number of carboxylic acid groups (broad SMARTS) is 1. The Morgan fingerprint density at radius 2 is 1.46 bits per heavy atom. The summed E-state index contributed by atoms with van der Waals surface area (Å²) in [6.45, 7) is 6.06. The highest BCUT2D eigenvalue weighted by atomic mass is 32.1. The van der Waals surface area contributed by atoms with Crippen molar-refractivity contribution in [2.75, 3.05) is 5.32 Å². The number of thiazole rings is 1. The van der Waals surface area contributed by atoms with E-state index in [0.717, 1.165) is 23.2 Å². The minimum Gasteiger partial charge on any atom is -0.476 e. The van der Waals surface area contributed by atoms with E-state index < -0.39 is 5.97 Å². The van der Waals surface area contributed by atoms with Gasteiger partial charge in [0.05, 0.1) is 0 Å². The Morgan fingerprint density at radius 1 is 1.00 bits per heavy atom. The second-order valence-electron chi connectivity index (χ2n) is 7.51. The number of carboxylic acids is 1. The van der Waals surface area contributed by atoms with E-state index in [9.17, 15) is 9.59 Å². The molecule has 0 radical (unpaired) electrons. The zero-order valence-electron chi connectivity index (χ0n) is 16.4. The molecule has 0 unspecified atom stereocenters. The number of nitrogens with zero attached hydrogens (tertiary/aromatic N) is 1. The van der Waals surface area contributed by atoms with Crippen LogP contribution >= 0.6 is 11.3 Å². The summed E-state index contributed by atoms with van der Waals surface area (Å²) in [5, 5.41) is 12.5. The molecule has 1 aromatic heterocycles. The van der Waals surface area contributed by atoms with Crippen molar-refractivity contribution < 1.29 is 14.7 Å². The Kier molecular flexibility index (Phi) is 11.2. The number of hydrogen-bond acceptors (Lipinski definition) is 4. The first-order valence-electron chi connectivity index (χ1n) is 9.85. The normalized spacial score (nSPS) is 18.0. The summed E-state index contributed by atoms with van der Waals surface area (Å²) in [4.78, 5) is 24.5. The van der Waals surface area contributed by atoms with Crippen LogP contribution in [0.5, 0.6) is 0 Å². The highest BCUT2D eigenvalue weighted by Gasteiger charge is 2.08. The Balaban J connectivity index is 0.000000207. The molecule has 2 aliphatic rings. The predicted octanol–water partition coefficient (Wildman–Crippen LogP) is 5.97. The van der Waals surface area contributed by atoms with Crippen LogP contribution in [-0.2, 0) is 4.79 Å². The Labute approximate surface area is 161 Å². The van der Waals surface area contributed by atoms with Crippen LogP contribution in [0.25, 0.3) is 0 Å². The van der Waals surface area contributed by atoms with Gasteiger partial charge in [-0.15, -0.1) is 11.3 Å². The van der Waals surface area contributed by atoms with Crippen molar-refractivity contribution in [3.05, 3.63) is 11.1 Å². The molecule has 5 nitrogen and oxygen atoms in total. The largest absolute Gasteiger partial charge is 0.476 e. The number of carbonyl (C=O) groups is 2. The second-order valence-corrected chi connectivity index (χ2v) is 8.37. The molecule has 2 aliphatic carbocycles. The van der Waals surface area contributed by atoms with E-state index in [1.54, 1.807) is 0 Å². The molecule has 2 N–H and O–H groups in total. The van der Waals surface area contributed by atoms with Crippen molar-refractivity contribution in [3.63, 3.8) is 0 Å². The van der Waals surface area contributed by atoms with Crippen molar-refractivity contribution >= 4 is 28.3 Å². The van der Waals surface area contributed by atoms with Gasteiger partial charge in [0.15, 0.2) is 10.8 Å². The third kappa shape index (κ3) is 10.5. The molecule has 148 valence electrons. The van der Waals surface area contributed by atoms with Gasteiger partial charge in [-0.2, -0.15) is 0 Å². The number of anilines is 1.